The predicted molar refractivity (Wildman–Crippen MR) is 109 cm³/mol. The number of fused-ring (bicyclic) bond motifs is 6. The minimum absolute atomic E-state index is 0. The van der Waals surface area contributed by atoms with E-state index in [2.05, 4.69) is 79.2 Å². The molecule has 0 unspecified atom stereocenters. The Kier molecular flexibility index (Phi) is 4.15. The summed E-state index contributed by atoms with van der Waals surface area (Å²) in [5, 5.41) is 2.18. The molecule has 5 rings (SSSR count). The number of hydrogen-bond donors (Lipinski definition) is 0. The first kappa shape index (κ1) is 19.1. The van der Waals surface area contributed by atoms with Gasteiger partial charge in [-0.05, 0) is 57.9 Å². The molecular weight excluding hydrogens is 580 g/mol. The van der Waals surface area contributed by atoms with Gasteiger partial charge >= 0.3 is 0 Å². The summed E-state index contributed by atoms with van der Waals surface area (Å²) in [7, 11) is 0. The molecule has 0 aliphatic carbocycles. The van der Waals surface area contributed by atoms with Crippen LogP contribution in [-0.4, -0.2) is 9.38 Å². The van der Waals surface area contributed by atoms with Crippen LogP contribution in [0.3, 0.4) is 0 Å². The van der Waals surface area contributed by atoms with Gasteiger partial charge in [0, 0.05) is 25.8 Å². The molecule has 1 aliphatic rings. The molecule has 0 spiro atoms. The summed E-state index contributed by atoms with van der Waals surface area (Å²) in [5.41, 5.74) is 6.09. The first-order valence-corrected chi connectivity index (χ1v) is 9.65. The number of rotatable bonds is 0. The Labute approximate surface area is 180 Å². The summed E-state index contributed by atoms with van der Waals surface area (Å²) in [6, 6.07) is 14.0. The molecule has 0 bridgehead atoms. The molecule has 0 saturated heterocycles. The van der Waals surface area contributed by atoms with E-state index in [1.54, 1.807) is 0 Å². The van der Waals surface area contributed by atoms with Crippen LogP contribution in [0.2, 0.25) is 0 Å². The Balaban J connectivity index is 0.00000180. The fraction of sp³-hybridized carbons (Fsp3) is 0.318. The molecular formula is C22H20BrIrN2O-. The smallest absolute Gasteiger partial charge is 0.0891 e. The molecule has 3 heterocycles. The Morgan fingerprint density at radius 1 is 1.07 bits per heavy atom. The number of hydrogen-bond acceptors (Lipinski definition) is 2. The number of pyridine rings is 1. The Morgan fingerprint density at radius 3 is 2.44 bits per heavy atom. The first-order valence-electron chi connectivity index (χ1n) is 8.86. The van der Waals surface area contributed by atoms with Crippen LogP contribution in [0.15, 0.2) is 34.8 Å². The minimum atomic E-state index is -0.310. The third-order valence-electron chi connectivity index (χ3n) is 5.51. The molecule has 0 N–H and O–H groups in total. The summed E-state index contributed by atoms with van der Waals surface area (Å²) in [4.78, 5) is 4.99. The maximum absolute atomic E-state index is 6.33. The van der Waals surface area contributed by atoms with Gasteiger partial charge in [0.1, 0.15) is 0 Å². The normalized spacial score (nSPS) is 17.4. The summed E-state index contributed by atoms with van der Waals surface area (Å²) in [5.74, 6) is 0. The summed E-state index contributed by atoms with van der Waals surface area (Å²) in [6.45, 7) is 10.7. The number of aryl methyl sites for hydroxylation is 1. The number of nitrogens with zero attached hydrogens (tertiary/aromatic N) is 2. The third-order valence-corrected chi connectivity index (χ3v) is 6.21. The topological polar surface area (TPSA) is 26.5 Å². The molecule has 2 aromatic carbocycles. The number of benzene rings is 2. The third kappa shape index (κ3) is 2.56. The van der Waals surface area contributed by atoms with E-state index in [4.69, 9.17) is 9.72 Å². The zero-order chi connectivity index (χ0) is 18.4. The first-order chi connectivity index (χ1) is 12.2. The van der Waals surface area contributed by atoms with E-state index >= 15 is 0 Å². The molecule has 27 heavy (non-hydrogen) atoms. The van der Waals surface area contributed by atoms with Crippen LogP contribution in [0.5, 0.6) is 0 Å². The second-order valence-electron chi connectivity index (χ2n) is 8.18. The molecule has 0 saturated carbocycles. The zero-order valence-electron chi connectivity index (χ0n) is 15.9. The van der Waals surface area contributed by atoms with E-state index in [1.165, 1.54) is 11.1 Å². The molecule has 0 fully saturated rings. The van der Waals surface area contributed by atoms with Crippen molar-refractivity contribution in [1.29, 1.82) is 0 Å². The summed E-state index contributed by atoms with van der Waals surface area (Å²) < 4.78 is 9.64. The van der Waals surface area contributed by atoms with Crippen LogP contribution < -0.4 is 0 Å². The number of imidazole rings is 1. The summed E-state index contributed by atoms with van der Waals surface area (Å²) in [6.07, 6.45) is 0. The average Bonchev–Trinajstić information content (AvgIpc) is 3.01. The van der Waals surface area contributed by atoms with Crippen LogP contribution in [0.25, 0.3) is 27.5 Å². The molecule has 1 aliphatic heterocycles. The maximum Gasteiger partial charge on any atom is 0.0891 e. The standard InChI is InChI=1S/C22H20BrN2O.Ir/c1-12-9-14-13(7-6-8-17(14)23)20-24-18-10-15-16(11-19(18)25(12)20)22(4,5)26-21(15,2)3;/h6,8-11H,1-5H3;/q-1;. The van der Waals surface area contributed by atoms with Crippen molar-refractivity contribution in [3.05, 3.63) is 57.7 Å². The van der Waals surface area contributed by atoms with Crippen molar-refractivity contribution >= 4 is 43.4 Å². The molecule has 4 aromatic rings. The molecule has 3 nitrogen and oxygen atoms in total. The molecule has 5 heteroatoms. The van der Waals surface area contributed by atoms with Crippen molar-refractivity contribution in [3.63, 3.8) is 0 Å². The van der Waals surface area contributed by atoms with Gasteiger partial charge < -0.3 is 9.14 Å². The van der Waals surface area contributed by atoms with Crippen LogP contribution in [0.1, 0.15) is 44.5 Å². The fourth-order valence-corrected chi connectivity index (χ4v) is 4.92. The van der Waals surface area contributed by atoms with E-state index in [9.17, 15) is 0 Å². The van der Waals surface area contributed by atoms with Crippen molar-refractivity contribution in [2.75, 3.05) is 0 Å². The van der Waals surface area contributed by atoms with E-state index in [0.29, 0.717) is 0 Å². The van der Waals surface area contributed by atoms with Gasteiger partial charge in [0.25, 0.3) is 0 Å². The largest absolute Gasteiger partial charge is 0.360 e. The second kappa shape index (κ2) is 5.87. The van der Waals surface area contributed by atoms with Gasteiger partial charge in [0.05, 0.1) is 27.9 Å². The van der Waals surface area contributed by atoms with Gasteiger partial charge in [-0.1, -0.05) is 37.2 Å². The monoisotopic (exact) mass is 600 g/mol. The molecule has 141 valence electrons. The SMILES string of the molecule is Cc1cc2c(Br)cc[c-]c2c2nc3cc4c(cc3n12)C(C)(C)OC4(C)C.[Ir]. The van der Waals surface area contributed by atoms with Crippen LogP contribution in [-0.2, 0) is 36.0 Å². The van der Waals surface area contributed by atoms with Crippen molar-refractivity contribution in [2.24, 2.45) is 0 Å². The summed E-state index contributed by atoms with van der Waals surface area (Å²) >= 11 is 3.66. The Morgan fingerprint density at radius 2 is 1.74 bits per heavy atom. The van der Waals surface area contributed by atoms with E-state index in [1.807, 2.05) is 12.1 Å². The number of ether oxygens (including phenoxy) is 1. The maximum atomic E-state index is 6.33. The van der Waals surface area contributed by atoms with Gasteiger partial charge in [-0.3, -0.25) is 4.98 Å². The van der Waals surface area contributed by atoms with Crippen LogP contribution in [0.4, 0.5) is 0 Å². The van der Waals surface area contributed by atoms with Gasteiger partial charge in [0.2, 0.25) is 0 Å². The second-order valence-corrected chi connectivity index (χ2v) is 9.03. The fourth-order valence-electron chi connectivity index (χ4n) is 4.48. The Hall–Kier alpha value is -1.26. The van der Waals surface area contributed by atoms with Gasteiger partial charge in [-0.2, -0.15) is 0 Å². The minimum Gasteiger partial charge on any atom is -0.360 e. The molecule has 2 aromatic heterocycles. The molecule has 0 atom stereocenters. The molecule has 1 radical (unpaired) electrons. The van der Waals surface area contributed by atoms with Crippen molar-refractivity contribution in [2.45, 2.75) is 45.8 Å². The van der Waals surface area contributed by atoms with Gasteiger partial charge in [0.15, 0.2) is 0 Å². The Bertz CT molecular complexity index is 1240. The van der Waals surface area contributed by atoms with Gasteiger partial charge in [-0.15, -0.1) is 18.2 Å². The van der Waals surface area contributed by atoms with Crippen molar-refractivity contribution in [1.82, 2.24) is 9.38 Å². The van der Waals surface area contributed by atoms with Crippen molar-refractivity contribution < 1.29 is 24.8 Å². The van der Waals surface area contributed by atoms with Gasteiger partial charge in [-0.25, -0.2) is 0 Å². The molecule has 0 amide bonds. The predicted octanol–water partition coefficient (Wildman–Crippen LogP) is 6.01. The number of aromatic nitrogens is 2. The van der Waals surface area contributed by atoms with E-state index < -0.39 is 0 Å². The van der Waals surface area contributed by atoms with Crippen LogP contribution in [0, 0.1) is 13.0 Å². The number of halogens is 1. The quantitative estimate of drug-likeness (QED) is 0.231. The van der Waals surface area contributed by atoms with Crippen molar-refractivity contribution in [3.8, 4) is 0 Å². The van der Waals surface area contributed by atoms with E-state index in [0.717, 1.165) is 37.6 Å². The van der Waals surface area contributed by atoms with Crippen LogP contribution >= 0.6 is 15.9 Å². The zero-order valence-corrected chi connectivity index (χ0v) is 19.9. The van der Waals surface area contributed by atoms with E-state index in [-0.39, 0.29) is 31.3 Å². The average molecular weight is 601 g/mol.